The summed E-state index contributed by atoms with van der Waals surface area (Å²) in [5.41, 5.74) is 3.57. The fourth-order valence-electron chi connectivity index (χ4n) is 3.22. The predicted molar refractivity (Wildman–Crippen MR) is 138 cm³/mol. The van der Waals surface area contributed by atoms with E-state index in [0.29, 0.717) is 21.6 Å². The molecule has 0 fully saturated rings. The molecule has 0 unspecified atom stereocenters. The van der Waals surface area contributed by atoms with Crippen LogP contribution in [-0.2, 0) is 10.0 Å². The molecule has 0 aliphatic rings. The monoisotopic (exact) mass is 511 g/mol. The number of hydrogen-bond donors (Lipinski definition) is 2. The van der Waals surface area contributed by atoms with Gasteiger partial charge in [-0.25, -0.2) is 13.4 Å². The second kappa shape index (κ2) is 9.97. The predicted octanol–water partition coefficient (Wildman–Crippen LogP) is 6.64. The molecule has 4 aromatic rings. The topological polar surface area (TPSA) is 88.2 Å². The maximum Gasteiger partial charge on any atom is 0.261 e. The van der Waals surface area contributed by atoms with Gasteiger partial charge in [-0.2, -0.15) is 0 Å². The zero-order chi connectivity index (χ0) is 24.3. The standard InChI is InChI=1S/C25H22ClN3O3S2/c1-16(2)17-6-8-18(9-7-17)23-15-33-25(27-23)28-24(30)19-4-3-5-21(14-19)29-34(31,32)22-12-10-20(26)11-13-22/h3-16,29H,1-2H3,(H,27,28,30). The van der Waals surface area contributed by atoms with Gasteiger partial charge in [-0.3, -0.25) is 14.8 Å². The Bertz CT molecular complexity index is 1410. The molecule has 1 aromatic heterocycles. The summed E-state index contributed by atoms with van der Waals surface area (Å²) in [5.74, 6) is 0.0642. The highest BCUT2D eigenvalue weighted by molar-refractivity contribution is 7.92. The first-order valence-corrected chi connectivity index (χ1v) is 13.2. The van der Waals surface area contributed by atoms with Gasteiger partial charge in [0.1, 0.15) is 0 Å². The van der Waals surface area contributed by atoms with Crippen molar-refractivity contribution >= 4 is 49.7 Å². The Morgan fingerprint density at radius 1 is 1.00 bits per heavy atom. The quantitative estimate of drug-likeness (QED) is 0.291. The van der Waals surface area contributed by atoms with Crippen molar-refractivity contribution in [2.75, 3.05) is 10.0 Å². The van der Waals surface area contributed by atoms with E-state index in [4.69, 9.17) is 11.6 Å². The van der Waals surface area contributed by atoms with Crippen molar-refractivity contribution in [3.8, 4) is 11.3 Å². The highest BCUT2D eigenvalue weighted by atomic mass is 35.5. The van der Waals surface area contributed by atoms with Crippen LogP contribution in [0.25, 0.3) is 11.3 Å². The Balaban J connectivity index is 1.46. The number of carbonyl (C=O) groups is 1. The van der Waals surface area contributed by atoms with Crippen molar-refractivity contribution in [2.24, 2.45) is 0 Å². The molecule has 1 heterocycles. The van der Waals surface area contributed by atoms with Gasteiger partial charge in [-0.1, -0.05) is 55.8 Å². The Kier molecular flexibility index (Phi) is 7.02. The summed E-state index contributed by atoms with van der Waals surface area (Å²) in [4.78, 5) is 17.4. The smallest absolute Gasteiger partial charge is 0.261 e. The molecular formula is C25H22ClN3O3S2. The number of carbonyl (C=O) groups excluding carboxylic acids is 1. The largest absolute Gasteiger partial charge is 0.298 e. The molecule has 0 atom stereocenters. The number of amides is 1. The number of anilines is 2. The molecule has 3 aromatic carbocycles. The third kappa shape index (κ3) is 5.64. The lowest BCUT2D eigenvalue weighted by atomic mass is 10.0. The van der Waals surface area contributed by atoms with Crippen LogP contribution in [0.4, 0.5) is 10.8 Å². The molecule has 1 amide bonds. The zero-order valence-corrected chi connectivity index (χ0v) is 20.8. The number of hydrogen-bond acceptors (Lipinski definition) is 5. The van der Waals surface area contributed by atoms with Crippen LogP contribution < -0.4 is 10.0 Å². The van der Waals surface area contributed by atoms with Gasteiger partial charge in [0, 0.05) is 27.2 Å². The molecule has 34 heavy (non-hydrogen) atoms. The summed E-state index contributed by atoms with van der Waals surface area (Å²) in [6, 6.07) is 20.3. The number of aromatic nitrogens is 1. The van der Waals surface area contributed by atoms with Crippen LogP contribution in [0, 0.1) is 0 Å². The minimum Gasteiger partial charge on any atom is -0.298 e. The fraction of sp³-hybridized carbons (Fsp3) is 0.120. The summed E-state index contributed by atoms with van der Waals surface area (Å²) in [5, 5.41) is 5.57. The van der Waals surface area contributed by atoms with Crippen molar-refractivity contribution in [2.45, 2.75) is 24.7 Å². The Morgan fingerprint density at radius 2 is 1.71 bits per heavy atom. The highest BCUT2D eigenvalue weighted by Gasteiger charge is 2.16. The molecule has 0 saturated carbocycles. The van der Waals surface area contributed by atoms with E-state index in [-0.39, 0.29) is 16.5 Å². The van der Waals surface area contributed by atoms with Crippen molar-refractivity contribution in [1.29, 1.82) is 0 Å². The minimum absolute atomic E-state index is 0.0727. The maximum atomic E-state index is 12.8. The molecule has 2 N–H and O–H groups in total. The summed E-state index contributed by atoms with van der Waals surface area (Å²) < 4.78 is 27.7. The average Bonchev–Trinajstić information content (AvgIpc) is 3.28. The van der Waals surface area contributed by atoms with E-state index in [9.17, 15) is 13.2 Å². The SMILES string of the molecule is CC(C)c1ccc(-c2csc(NC(=O)c3cccc(NS(=O)(=O)c4ccc(Cl)cc4)c3)n2)cc1. The van der Waals surface area contributed by atoms with E-state index >= 15 is 0 Å². The lowest BCUT2D eigenvalue weighted by Gasteiger charge is -2.09. The van der Waals surface area contributed by atoms with Crippen molar-refractivity contribution in [1.82, 2.24) is 4.98 Å². The number of rotatable bonds is 7. The Labute approximate surface area is 207 Å². The molecule has 174 valence electrons. The van der Waals surface area contributed by atoms with Gasteiger partial charge in [0.05, 0.1) is 10.6 Å². The highest BCUT2D eigenvalue weighted by Crippen LogP contribution is 2.27. The molecule has 6 nitrogen and oxygen atoms in total. The van der Waals surface area contributed by atoms with Gasteiger partial charge in [0.15, 0.2) is 5.13 Å². The van der Waals surface area contributed by atoms with E-state index in [0.717, 1.165) is 11.3 Å². The number of nitrogens with zero attached hydrogens (tertiary/aromatic N) is 1. The van der Waals surface area contributed by atoms with E-state index in [2.05, 4.69) is 41.0 Å². The van der Waals surface area contributed by atoms with E-state index in [1.54, 1.807) is 18.2 Å². The van der Waals surface area contributed by atoms with Gasteiger partial charge >= 0.3 is 0 Å². The second-order valence-corrected chi connectivity index (χ2v) is 10.9. The van der Waals surface area contributed by atoms with Crippen LogP contribution in [0.5, 0.6) is 0 Å². The molecule has 4 rings (SSSR count). The van der Waals surface area contributed by atoms with Crippen LogP contribution in [0.15, 0.2) is 83.1 Å². The molecule has 0 aliphatic heterocycles. The number of benzene rings is 3. The Hall–Kier alpha value is -3.20. The summed E-state index contributed by atoms with van der Waals surface area (Å²) in [6.07, 6.45) is 0. The first-order chi connectivity index (χ1) is 16.2. The lowest BCUT2D eigenvalue weighted by molar-refractivity contribution is 0.102. The first kappa shape index (κ1) is 23.9. The van der Waals surface area contributed by atoms with E-state index < -0.39 is 10.0 Å². The molecule has 0 spiro atoms. The number of nitrogens with one attached hydrogen (secondary N) is 2. The second-order valence-electron chi connectivity index (χ2n) is 7.91. The van der Waals surface area contributed by atoms with Gasteiger partial charge in [-0.05, 0) is 53.9 Å². The lowest BCUT2D eigenvalue weighted by Crippen LogP contribution is -2.15. The number of sulfonamides is 1. The van der Waals surface area contributed by atoms with Crippen LogP contribution in [0.1, 0.15) is 35.7 Å². The third-order valence-corrected chi connectivity index (χ3v) is 7.51. The van der Waals surface area contributed by atoms with Crippen LogP contribution in [-0.4, -0.2) is 19.3 Å². The summed E-state index contributed by atoms with van der Waals surface area (Å²) in [6.45, 7) is 4.28. The van der Waals surface area contributed by atoms with E-state index in [1.807, 2.05) is 17.5 Å². The molecule has 0 bridgehead atoms. The maximum absolute atomic E-state index is 12.8. The van der Waals surface area contributed by atoms with Crippen molar-refractivity contribution in [3.63, 3.8) is 0 Å². The first-order valence-electron chi connectivity index (χ1n) is 10.5. The molecule has 0 saturated heterocycles. The van der Waals surface area contributed by atoms with Gasteiger partial charge in [0.2, 0.25) is 0 Å². The van der Waals surface area contributed by atoms with Gasteiger partial charge < -0.3 is 0 Å². The van der Waals surface area contributed by atoms with Gasteiger partial charge in [-0.15, -0.1) is 11.3 Å². The van der Waals surface area contributed by atoms with Crippen LogP contribution in [0.3, 0.4) is 0 Å². The summed E-state index contributed by atoms with van der Waals surface area (Å²) in [7, 11) is -3.82. The molecular weight excluding hydrogens is 490 g/mol. The van der Waals surface area contributed by atoms with E-state index in [1.165, 1.54) is 47.2 Å². The normalized spacial score (nSPS) is 11.4. The molecule has 9 heteroatoms. The fourth-order valence-corrected chi connectivity index (χ4v) is 5.11. The molecule has 0 radical (unpaired) electrons. The van der Waals surface area contributed by atoms with Gasteiger partial charge in [0.25, 0.3) is 15.9 Å². The van der Waals surface area contributed by atoms with Crippen LogP contribution in [0.2, 0.25) is 5.02 Å². The van der Waals surface area contributed by atoms with Crippen molar-refractivity contribution in [3.05, 3.63) is 94.3 Å². The third-order valence-electron chi connectivity index (χ3n) is 5.10. The minimum atomic E-state index is -3.82. The van der Waals surface area contributed by atoms with Crippen LogP contribution >= 0.6 is 22.9 Å². The average molecular weight is 512 g/mol. The summed E-state index contributed by atoms with van der Waals surface area (Å²) >= 11 is 7.16. The molecule has 0 aliphatic carbocycles. The van der Waals surface area contributed by atoms with Crippen molar-refractivity contribution < 1.29 is 13.2 Å². The number of thiazole rings is 1. The zero-order valence-electron chi connectivity index (χ0n) is 18.4. The Morgan fingerprint density at radius 3 is 2.38 bits per heavy atom. The number of halogens is 1.